The van der Waals surface area contributed by atoms with Crippen molar-refractivity contribution in [2.45, 2.75) is 11.9 Å². The van der Waals surface area contributed by atoms with E-state index in [0.717, 1.165) is 35.7 Å². The third-order valence-corrected chi connectivity index (χ3v) is 6.59. The lowest BCUT2D eigenvalue weighted by Crippen LogP contribution is -2.35. The van der Waals surface area contributed by atoms with Crippen LogP contribution >= 0.6 is 39.1 Å². The molecule has 0 radical (unpaired) electrons. The first-order chi connectivity index (χ1) is 15.0. The molecular formula is C22H23BrCl2N2O4. The van der Waals surface area contributed by atoms with Gasteiger partial charge in [-0.2, -0.15) is 0 Å². The number of halogens is 3. The van der Waals surface area contributed by atoms with E-state index in [1.165, 1.54) is 0 Å². The van der Waals surface area contributed by atoms with E-state index in [-0.39, 0.29) is 6.10 Å². The predicted molar refractivity (Wildman–Crippen MR) is 125 cm³/mol. The van der Waals surface area contributed by atoms with Gasteiger partial charge in [-0.3, -0.25) is 0 Å². The minimum absolute atomic E-state index is 0.345. The number of hydrogen-bond donors (Lipinski definition) is 0. The number of morpholine rings is 1. The zero-order valence-electron chi connectivity index (χ0n) is 17.0. The fraction of sp³-hybridized carbons (Fsp3) is 0.409. The van der Waals surface area contributed by atoms with Gasteiger partial charge in [-0.1, -0.05) is 45.2 Å². The molecule has 2 aliphatic rings. The molecule has 0 spiro atoms. The summed E-state index contributed by atoms with van der Waals surface area (Å²) in [6.45, 7) is 3.39. The van der Waals surface area contributed by atoms with Gasteiger partial charge < -0.3 is 23.8 Å². The Morgan fingerprint density at radius 3 is 2.74 bits per heavy atom. The molecule has 0 N–H and O–H groups in total. The van der Waals surface area contributed by atoms with Crippen LogP contribution in [0.2, 0.25) is 10.0 Å². The lowest BCUT2D eigenvalue weighted by molar-refractivity contribution is -0.157. The maximum Gasteiger partial charge on any atom is 0.207 e. The Labute approximate surface area is 200 Å². The molecule has 6 nitrogen and oxygen atoms in total. The second-order valence-corrected chi connectivity index (χ2v) is 8.65. The van der Waals surface area contributed by atoms with Crippen LogP contribution in [-0.2, 0) is 20.0 Å². The third kappa shape index (κ3) is 5.02. The molecule has 2 atom stereocenters. The molecule has 2 aliphatic heterocycles. The number of aliphatic imine (C=N–C) groups is 1. The first-order valence-corrected chi connectivity index (χ1v) is 11.8. The van der Waals surface area contributed by atoms with Crippen LogP contribution < -0.4 is 4.74 Å². The van der Waals surface area contributed by atoms with Gasteiger partial charge >= 0.3 is 0 Å². The molecule has 0 unspecified atom stereocenters. The van der Waals surface area contributed by atoms with Crippen molar-refractivity contribution in [3.63, 3.8) is 0 Å². The van der Waals surface area contributed by atoms with Crippen LogP contribution in [0.25, 0.3) is 0 Å². The van der Waals surface area contributed by atoms with Crippen molar-refractivity contribution in [1.82, 2.24) is 4.90 Å². The lowest BCUT2D eigenvalue weighted by atomic mass is 10.1. The van der Waals surface area contributed by atoms with Gasteiger partial charge in [0.25, 0.3) is 0 Å². The van der Waals surface area contributed by atoms with Gasteiger partial charge in [0.15, 0.2) is 0 Å². The van der Waals surface area contributed by atoms with E-state index in [1.807, 2.05) is 30.6 Å². The number of alkyl halides is 1. The molecule has 2 aromatic carbocycles. The van der Waals surface area contributed by atoms with Crippen molar-refractivity contribution in [3.05, 3.63) is 57.6 Å². The van der Waals surface area contributed by atoms with Gasteiger partial charge in [-0.25, -0.2) is 4.99 Å². The summed E-state index contributed by atoms with van der Waals surface area (Å²) in [5.41, 5.74) is 2.41. The monoisotopic (exact) mass is 528 g/mol. The highest BCUT2D eigenvalue weighted by Crippen LogP contribution is 2.46. The summed E-state index contributed by atoms with van der Waals surface area (Å²) < 4.78 is 23.5. The Balaban J connectivity index is 1.63. The molecule has 2 fully saturated rings. The summed E-state index contributed by atoms with van der Waals surface area (Å²) in [5, 5.41) is 1.46. The van der Waals surface area contributed by atoms with Gasteiger partial charge in [0.2, 0.25) is 5.79 Å². The Morgan fingerprint density at radius 1 is 1.23 bits per heavy atom. The molecule has 0 saturated carbocycles. The number of methoxy groups -OCH3 is 1. The average Bonchev–Trinajstić information content (AvgIpc) is 3.23. The molecule has 166 valence electrons. The second-order valence-electron chi connectivity index (χ2n) is 7.25. The Morgan fingerprint density at radius 2 is 2.03 bits per heavy atom. The minimum Gasteiger partial charge on any atom is -0.497 e. The highest BCUT2D eigenvalue weighted by Gasteiger charge is 2.45. The molecule has 2 heterocycles. The van der Waals surface area contributed by atoms with Crippen molar-refractivity contribution in [2.24, 2.45) is 4.99 Å². The predicted octanol–water partition coefficient (Wildman–Crippen LogP) is 5.33. The summed E-state index contributed by atoms with van der Waals surface area (Å²) >= 11 is 16.1. The summed E-state index contributed by atoms with van der Waals surface area (Å²) in [4.78, 5) is 6.86. The zero-order chi connectivity index (χ0) is 21.8. The molecule has 0 bridgehead atoms. The smallest absolute Gasteiger partial charge is 0.207 e. The van der Waals surface area contributed by atoms with E-state index in [1.54, 1.807) is 19.2 Å². The standard InChI is InChI=1S/C22H23BrCl2N2O4/c1-28-16-3-5-20(26-14-27-6-8-29-9-7-27)17(11-16)21-12-30-22(13-23,31-21)18-4-2-15(24)10-19(18)25/h2-5,10-11,14,21H,6-9,12-13H2,1H3/t21-,22-/m0/s1. The van der Waals surface area contributed by atoms with E-state index in [4.69, 9.17) is 47.1 Å². The molecular weight excluding hydrogens is 507 g/mol. The molecule has 31 heavy (non-hydrogen) atoms. The highest BCUT2D eigenvalue weighted by molar-refractivity contribution is 9.09. The van der Waals surface area contributed by atoms with Crippen molar-refractivity contribution >= 4 is 51.2 Å². The number of benzene rings is 2. The van der Waals surface area contributed by atoms with E-state index >= 15 is 0 Å². The molecule has 0 amide bonds. The number of rotatable bonds is 6. The number of hydrogen-bond acceptors (Lipinski definition) is 5. The van der Waals surface area contributed by atoms with Crippen molar-refractivity contribution < 1.29 is 18.9 Å². The SMILES string of the molecule is COc1ccc(N=CN2CCOCC2)c([C@@H]2CO[C@](CBr)(c3ccc(Cl)cc3Cl)O2)c1. The largest absolute Gasteiger partial charge is 0.497 e. The van der Waals surface area contributed by atoms with Crippen molar-refractivity contribution in [2.75, 3.05) is 45.4 Å². The maximum atomic E-state index is 6.46. The van der Waals surface area contributed by atoms with Crippen LogP contribution in [0.3, 0.4) is 0 Å². The number of nitrogens with zero attached hydrogens (tertiary/aromatic N) is 2. The molecule has 0 aliphatic carbocycles. The van der Waals surface area contributed by atoms with Gasteiger partial charge in [-0.15, -0.1) is 0 Å². The molecule has 0 aromatic heterocycles. The van der Waals surface area contributed by atoms with Crippen LogP contribution in [0.1, 0.15) is 17.2 Å². The summed E-state index contributed by atoms with van der Waals surface area (Å²) in [6.07, 6.45) is 1.51. The summed E-state index contributed by atoms with van der Waals surface area (Å²) in [6, 6.07) is 11.0. The molecule has 4 rings (SSSR count). The van der Waals surface area contributed by atoms with Gasteiger partial charge in [0.1, 0.15) is 11.9 Å². The highest BCUT2D eigenvalue weighted by atomic mass is 79.9. The summed E-state index contributed by atoms with van der Waals surface area (Å²) in [5.74, 6) is -0.301. The normalized spacial score (nSPS) is 24.1. The van der Waals surface area contributed by atoms with Crippen LogP contribution in [0.15, 0.2) is 41.4 Å². The third-order valence-electron chi connectivity index (χ3n) is 5.31. The first kappa shape index (κ1) is 22.8. The van der Waals surface area contributed by atoms with Gasteiger partial charge in [0.05, 0.1) is 49.3 Å². The fourth-order valence-electron chi connectivity index (χ4n) is 3.61. The Kier molecular flexibility index (Phi) is 7.41. The molecule has 9 heteroatoms. The summed E-state index contributed by atoms with van der Waals surface area (Å²) in [7, 11) is 1.64. The van der Waals surface area contributed by atoms with Crippen molar-refractivity contribution in [1.29, 1.82) is 0 Å². The van der Waals surface area contributed by atoms with Crippen LogP contribution in [0, 0.1) is 0 Å². The fourth-order valence-corrected chi connectivity index (χ4v) is 4.76. The Bertz CT molecular complexity index is 955. The average molecular weight is 530 g/mol. The topological polar surface area (TPSA) is 52.5 Å². The van der Waals surface area contributed by atoms with E-state index in [9.17, 15) is 0 Å². The van der Waals surface area contributed by atoms with Crippen LogP contribution in [0.5, 0.6) is 5.75 Å². The van der Waals surface area contributed by atoms with Crippen molar-refractivity contribution in [3.8, 4) is 5.75 Å². The number of ether oxygens (including phenoxy) is 4. The van der Waals surface area contributed by atoms with Gasteiger partial charge in [0, 0.05) is 29.2 Å². The maximum absolute atomic E-state index is 6.46. The Hall–Kier alpha value is -1.35. The zero-order valence-corrected chi connectivity index (χ0v) is 20.1. The van der Waals surface area contributed by atoms with E-state index in [2.05, 4.69) is 20.8 Å². The quantitative estimate of drug-likeness (QED) is 0.287. The molecule has 2 aromatic rings. The molecule has 2 saturated heterocycles. The van der Waals surface area contributed by atoms with E-state index < -0.39 is 5.79 Å². The second kappa shape index (κ2) is 10.1. The van der Waals surface area contributed by atoms with Crippen LogP contribution in [0.4, 0.5) is 5.69 Å². The lowest BCUT2D eigenvalue weighted by Gasteiger charge is -2.27. The van der Waals surface area contributed by atoms with Gasteiger partial charge in [-0.05, 0) is 30.3 Å². The van der Waals surface area contributed by atoms with Crippen LogP contribution in [-0.4, -0.2) is 56.6 Å². The minimum atomic E-state index is -1.03. The first-order valence-electron chi connectivity index (χ1n) is 9.92. The van der Waals surface area contributed by atoms with E-state index in [0.29, 0.717) is 35.2 Å².